The van der Waals surface area contributed by atoms with E-state index >= 15 is 0 Å². The first-order valence-corrected chi connectivity index (χ1v) is 4.85. The van der Waals surface area contributed by atoms with Gasteiger partial charge in [0.2, 0.25) is 0 Å². The molecule has 3 heteroatoms. The first-order chi connectivity index (χ1) is 6.13. The van der Waals surface area contributed by atoms with Gasteiger partial charge in [-0.3, -0.25) is 4.79 Å². The van der Waals surface area contributed by atoms with E-state index in [1.54, 1.807) is 6.92 Å². The fraction of sp³-hybridized carbons (Fsp3) is 0.900. The lowest BCUT2D eigenvalue weighted by Gasteiger charge is -2.08. The van der Waals surface area contributed by atoms with E-state index in [2.05, 4.69) is 19.0 Å². The number of nitrogens with zero attached hydrogens (tertiary/aromatic N) is 1. The van der Waals surface area contributed by atoms with Crippen molar-refractivity contribution in [1.29, 1.82) is 0 Å². The second kappa shape index (κ2) is 8.20. The van der Waals surface area contributed by atoms with E-state index in [1.165, 1.54) is 12.8 Å². The minimum Gasteiger partial charge on any atom is -0.374 e. The highest BCUT2D eigenvalue weighted by molar-refractivity contribution is 5.76. The van der Waals surface area contributed by atoms with Crippen LogP contribution in [0.25, 0.3) is 0 Å². The van der Waals surface area contributed by atoms with Gasteiger partial charge in [-0.1, -0.05) is 0 Å². The summed E-state index contributed by atoms with van der Waals surface area (Å²) in [7, 11) is 4.15. The molecule has 0 amide bonds. The summed E-state index contributed by atoms with van der Waals surface area (Å²) in [4.78, 5) is 12.7. The van der Waals surface area contributed by atoms with Gasteiger partial charge < -0.3 is 9.64 Å². The van der Waals surface area contributed by atoms with Gasteiger partial charge >= 0.3 is 0 Å². The van der Waals surface area contributed by atoms with Gasteiger partial charge in [-0.25, -0.2) is 0 Å². The molecule has 0 atom stereocenters. The van der Waals surface area contributed by atoms with Crippen molar-refractivity contribution in [3.63, 3.8) is 0 Å². The predicted octanol–water partition coefficient (Wildman–Crippen LogP) is 1.32. The smallest absolute Gasteiger partial charge is 0.155 e. The summed E-state index contributed by atoms with van der Waals surface area (Å²) in [6, 6.07) is 0. The Balaban J connectivity index is 2.96. The quantitative estimate of drug-likeness (QED) is 0.537. The van der Waals surface area contributed by atoms with Crippen molar-refractivity contribution in [2.45, 2.75) is 26.2 Å². The number of ketones is 1. The molecule has 0 bridgehead atoms. The van der Waals surface area contributed by atoms with Crippen molar-refractivity contribution in [3.8, 4) is 0 Å². The minimum absolute atomic E-state index is 0.105. The second-order valence-corrected chi connectivity index (χ2v) is 3.62. The number of carbonyl (C=O) groups excluding carboxylic acids is 1. The zero-order valence-electron chi connectivity index (χ0n) is 9.01. The highest BCUT2D eigenvalue weighted by Gasteiger charge is 1.94. The third kappa shape index (κ3) is 11.6. The molecule has 0 aromatic rings. The van der Waals surface area contributed by atoms with Gasteiger partial charge in [0, 0.05) is 6.61 Å². The highest BCUT2D eigenvalue weighted by atomic mass is 16.5. The summed E-state index contributed by atoms with van der Waals surface area (Å²) < 4.78 is 5.14. The largest absolute Gasteiger partial charge is 0.374 e. The molecular formula is C10H21NO2. The Hall–Kier alpha value is -0.410. The summed E-state index contributed by atoms with van der Waals surface area (Å²) in [5.74, 6) is 0.105. The van der Waals surface area contributed by atoms with Crippen molar-refractivity contribution in [1.82, 2.24) is 4.90 Å². The van der Waals surface area contributed by atoms with Gasteiger partial charge in [-0.15, -0.1) is 0 Å². The first-order valence-electron chi connectivity index (χ1n) is 4.85. The van der Waals surface area contributed by atoms with E-state index < -0.39 is 0 Å². The Morgan fingerprint density at radius 2 is 1.92 bits per heavy atom. The van der Waals surface area contributed by atoms with Gasteiger partial charge in [0.1, 0.15) is 6.61 Å². The lowest BCUT2D eigenvalue weighted by atomic mass is 10.2. The molecule has 0 fully saturated rings. The molecule has 0 N–H and O–H groups in total. The van der Waals surface area contributed by atoms with Crippen molar-refractivity contribution in [2.24, 2.45) is 0 Å². The number of unbranched alkanes of at least 4 members (excludes halogenated alkanes) is 2. The number of hydrogen-bond donors (Lipinski definition) is 0. The lowest BCUT2D eigenvalue weighted by Crippen LogP contribution is -2.13. The van der Waals surface area contributed by atoms with Gasteiger partial charge in [-0.2, -0.15) is 0 Å². The second-order valence-electron chi connectivity index (χ2n) is 3.62. The third-order valence-electron chi connectivity index (χ3n) is 1.70. The van der Waals surface area contributed by atoms with Crippen LogP contribution in [0.5, 0.6) is 0 Å². The molecule has 0 radical (unpaired) electrons. The Morgan fingerprint density at radius 3 is 2.46 bits per heavy atom. The van der Waals surface area contributed by atoms with Crippen LogP contribution >= 0.6 is 0 Å². The summed E-state index contributed by atoms with van der Waals surface area (Å²) in [5, 5.41) is 0. The average molecular weight is 187 g/mol. The maximum Gasteiger partial charge on any atom is 0.155 e. The molecule has 0 unspecified atom stereocenters. The topological polar surface area (TPSA) is 29.5 Å². The molecule has 0 aliphatic heterocycles. The first kappa shape index (κ1) is 12.6. The van der Waals surface area contributed by atoms with E-state index in [1.807, 2.05) is 0 Å². The van der Waals surface area contributed by atoms with Gasteiger partial charge in [-0.05, 0) is 46.8 Å². The molecule has 0 heterocycles. The van der Waals surface area contributed by atoms with Crippen molar-refractivity contribution < 1.29 is 9.53 Å². The van der Waals surface area contributed by atoms with E-state index in [0.29, 0.717) is 6.61 Å². The SMILES string of the molecule is CC(=O)COCCCCCN(C)C. The molecule has 0 saturated heterocycles. The summed E-state index contributed by atoms with van der Waals surface area (Å²) in [6.45, 7) is 3.67. The number of carbonyl (C=O) groups is 1. The summed E-state index contributed by atoms with van der Waals surface area (Å²) in [6.07, 6.45) is 3.44. The number of Topliss-reactive ketones (excluding diaryl/α,β-unsaturated/α-hetero) is 1. The maximum absolute atomic E-state index is 10.5. The molecule has 0 saturated carbocycles. The Bertz CT molecular complexity index is 135. The fourth-order valence-corrected chi connectivity index (χ4v) is 1.02. The van der Waals surface area contributed by atoms with Gasteiger partial charge in [0.25, 0.3) is 0 Å². The van der Waals surface area contributed by atoms with Crippen LogP contribution in [0.2, 0.25) is 0 Å². The van der Waals surface area contributed by atoms with Crippen LogP contribution in [0, 0.1) is 0 Å². The monoisotopic (exact) mass is 187 g/mol. The molecule has 0 rings (SSSR count). The zero-order valence-corrected chi connectivity index (χ0v) is 9.01. The van der Waals surface area contributed by atoms with Crippen LogP contribution in [0.4, 0.5) is 0 Å². The summed E-state index contributed by atoms with van der Waals surface area (Å²) >= 11 is 0. The van der Waals surface area contributed by atoms with Crippen LogP contribution in [-0.2, 0) is 9.53 Å². The predicted molar refractivity (Wildman–Crippen MR) is 53.9 cm³/mol. The zero-order chi connectivity index (χ0) is 10.1. The molecule has 0 aliphatic rings. The van der Waals surface area contributed by atoms with Crippen molar-refractivity contribution >= 4 is 5.78 Å². The molecule has 0 aromatic heterocycles. The normalized spacial score (nSPS) is 10.8. The van der Waals surface area contributed by atoms with Crippen LogP contribution < -0.4 is 0 Å². The number of ether oxygens (including phenoxy) is 1. The Kier molecular flexibility index (Phi) is 7.94. The molecule has 13 heavy (non-hydrogen) atoms. The number of hydrogen-bond acceptors (Lipinski definition) is 3. The van der Waals surface area contributed by atoms with Crippen molar-refractivity contribution in [2.75, 3.05) is 33.9 Å². The van der Waals surface area contributed by atoms with E-state index in [-0.39, 0.29) is 12.4 Å². The minimum atomic E-state index is 0.105. The average Bonchev–Trinajstić information content (AvgIpc) is 2.01. The maximum atomic E-state index is 10.5. The summed E-state index contributed by atoms with van der Waals surface area (Å²) in [5.41, 5.74) is 0. The van der Waals surface area contributed by atoms with E-state index in [9.17, 15) is 4.79 Å². The van der Waals surface area contributed by atoms with E-state index in [0.717, 1.165) is 13.0 Å². The van der Waals surface area contributed by atoms with Gasteiger partial charge in [0.15, 0.2) is 5.78 Å². The lowest BCUT2D eigenvalue weighted by molar-refractivity contribution is -0.121. The molecule has 78 valence electrons. The molecule has 0 spiro atoms. The molecule has 0 aliphatic carbocycles. The van der Waals surface area contributed by atoms with Crippen LogP contribution in [0.1, 0.15) is 26.2 Å². The van der Waals surface area contributed by atoms with Crippen LogP contribution in [-0.4, -0.2) is 44.5 Å². The Morgan fingerprint density at radius 1 is 1.23 bits per heavy atom. The molecule has 0 aromatic carbocycles. The Labute approximate surface area is 81.1 Å². The highest BCUT2D eigenvalue weighted by Crippen LogP contribution is 1.96. The number of rotatable bonds is 8. The standard InChI is InChI=1S/C10H21NO2/c1-10(12)9-13-8-6-4-5-7-11(2)3/h4-9H2,1-3H3. The van der Waals surface area contributed by atoms with Crippen molar-refractivity contribution in [3.05, 3.63) is 0 Å². The fourth-order valence-electron chi connectivity index (χ4n) is 1.02. The van der Waals surface area contributed by atoms with Crippen LogP contribution in [0.15, 0.2) is 0 Å². The van der Waals surface area contributed by atoms with Gasteiger partial charge in [0.05, 0.1) is 0 Å². The molecule has 3 nitrogen and oxygen atoms in total. The van der Waals surface area contributed by atoms with E-state index in [4.69, 9.17) is 4.74 Å². The third-order valence-corrected chi connectivity index (χ3v) is 1.70. The van der Waals surface area contributed by atoms with Crippen LogP contribution in [0.3, 0.4) is 0 Å². The molecular weight excluding hydrogens is 166 g/mol.